The van der Waals surface area contributed by atoms with Gasteiger partial charge in [-0.2, -0.15) is 8.42 Å². The maximum atomic E-state index is 12.0. The van der Waals surface area contributed by atoms with Crippen LogP contribution in [0.3, 0.4) is 0 Å². The summed E-state index contributed by atoms with van der Waals surface area (Å²) in [6.45, 7) is 0. The lowest BCUT2D eigenvalue weighted by molar-refractivity contribution is 0.445. The van der Waals surface area contributed by atoms with Crippen molar-refractivity contribution in [1.82, 2.24) is 0 Å². The quantitative estimate of drug-likeness (QED) is 0.687. The Bertz CT molecular complexity index is 736. The van der Waals surface area contributed by atoms with E-state index in [1.165, 1.54) is 18.2 Å². The van der Waals surface area contributed by atoms with Gasteiger partial charge >= 0.3 is 15.8 Å². The van der Waals surface area contributed by atoms with Gasteiger partial charge in [0, 0.05) is 6.07 Å². The van der Waals surface area contributed by atoms with Crippen molar-refractivity contribution in [2.45, 2.75) is 4.90 Å². The Labute approximate surface area is 109 Å². The highest BCUT2D eigenvalue weighted by atomic mass is 32.2. The summed E-state index contributed by atoms with van der Waals surface area (Å²) in [6.07, 6.45) is 0. The van der Waals surface area contributed by atoms with E-state index in [4.69, 9.17) is 9.58 Å². The molecule has 96 valence electrons. The molecule has 0 spiro atoms. The van der Waals surface area contributed by atoms with E-state index in [1.807, 2.05) is 0 Å². The average Bonchev–Trinajstić information content (AvgIpc) is 2.39. The number of para-hydroxylation sites is 1. The highest BCUT2D eigenvalue weighted by molar-refractivity contribution is 7.87. The predicted octanol–water partition coefficient (Wildman–Crippen LogP) is 2.64. The third-order valence-corrected chi connectivity index (χ3v) is 3.55. The Morgan fingerprint density at radius 3 is 2.42 bits per heavy atom. The number of phenols is 1. The van der Waals surface area contributed by atoms with E-state index in [2.05, 4.69) is 4.98 Å². The summed E-state index contributed by atoms with van der Waals surface area (Å²) < 4.78 is 28.8. The van der Waals surface area contributed by atoms with Gasteiger partial charge in [-0.05, 0) is 18.2 Å². The topological polar surface area (TPSA) is 91.7 Å². The minimum absolute atomic E-state index is 0.00645. The molecule has 0 aromatic heterocycles. The summed E-state index contributed by atoms with van der Waals surface area (Å²) in [5, 5.41) is 18.2. The molecular weight excluding hydrogens is 268 g/mol. The SMILES string of the molecule is N#[N+]c1ccc(O)c(S(=O)(=O)Oc2ccccc2)c1. The van der Waals surface area contributed by atoms with Crippen LogP contribution in [0.25, 0.3) is 4.98 Å². The summed E-state index contributed by atoms with van der Waals surface area (Å²) in [7, 11) is -4.20. The van der Waals surface area contributed by atoms with E-state index < -0.39 is 20.8 Å². The molecule has 2 aromatic rings. The summed E-state index contributed by atoms with van der Waals surface area (Å²) >= 11 is 0. The molecule has 0 aliphatic heterocycles. The molecule has 0 bridgehead atoms. The highest BCUT2D eigenvalue weighted by Crippen LogP contribution is 2.29. The second-order valence-corrected chi connectivity index (χ2v) is 5.12. The van der Waals surface area contributed by atoms with Crippen LogP contribution in [0, 0.1) is 5.39 Å². The van der Waals surface area contributed by atoms with Gasteiger partial charge in [0.05, 0.1) is 6.07 Å². The van der Waals surface area contributed by atoms with Gasteiger partial charge in [0.2, 0.25) is 5.39 Å². The maximum absolute atomic E-state index is 12.0. The van der Waals surface area contributed by atoms with Gasteiger partial charge in [-0.1, -0.05) is 18.2 Å². The van der Waals surface area contributed by atoms with Crippen molar-refractivity contribution < 1.29 is 17.7 Å². The van der Waals surface area contributed by atoms with Gasteiger partial charge in [-0.25, -0.2) is 0 Å². The van der Waals surface area contributed by atoms with Gasteiger partial charge in [0.25, 0.3) is 0 Å². The molecule has 0 heterocycles. The fraction of sp³-hybridized carbons (Fsp3) is 0. The smallest absolute Gasteiger partial charge is 0.386 e. The van der Waals surface area contributed by atoms with E-state index in [1.54, 1.807) is 18.2 Å². The van der Waals surface area contributed by atoms with Crippen LogP contribution >= 0.6 is 0 Å². The molecular formula is C12H9N2O4S+. The van der Waals surface area contributed by atoms with E-state index in [-0.39, 0.29) is 11.4 Å². The fourth-order valence-corrected chi connectivity index (χ4v) is 2.46. The van der Waals surface area contributed by atoms with Crippen molar-refractivity contribution in [1.29, 1.82) is 5.39 Å². The van der Waals surface area contributed by atoms with Crippen LogP contribution in [-0.2, 0) is 10.1 Å². The number of hydrogen-bond acceptors (Lipinski definition) is 5. The second kappa shape index (κ2) is 4.96. The second-order valence-electron chi connectivity index (χ2n) is 3.60. The van der Waals surface area contributed by atoms with Gasteiger partial charge in [0.1, 0.15) is 11.5 Å². The van der Waals surface area contributed by atoms with Crippen molar-refractivity contribution in [3.63, 3.8) is 0 Å². The van der Waals surface area contributed by atoms with Crippen molar-refractivity contribution >= 4 is 15.8 Å². The Hall–Kier alpha value is -2.59. The van der Waals surface area contributed by atoms with Gasteiger partial charge in [-0.3, -0.25) is 0 Å². The zero-order valence-electron chi connectivity index (χ0n) is 9.59. The lowest BCUT2D eigenvalue weighted by atomic mass is 10.3. The standard InChI is InChI=1S/C12H8N2O4S/c13-14-9-6-7-11(15)12(8-9)19(16,17)18-10-4-2-1-3-5-10/h1-8H/p+1. The Balaban J connectivity index is 2.43. The molecule has 2 aromatic carbocycles. The minimum atomic E-state index is -4.20. The van der Waals surface area contributed by atoms with E-state index in [0.717, 1.165) is 12.1 Å². The lowest BCUT2D eigenvalue weighted by Gasteiger charge is -2.07. The monoisotopic (exact) mass is 277 g/mol. The van der Waals surface area contributed by atoms with Crippen LogP contribution in [0.1, 0.15) is 0 Å². The molecule has 0 fully saturated rings. The van der Waals surface area contributed by atoms with Crippen molar-refractivity contribution in [3.8, 4) is 11.5 Å². The summed E-state index contributed by atoms with van der Waals surface area (Å²) in [4.78, 5) is 2.40. The minimum Gasteiger partial charge on any atom is -0.506 e. The van der Waals surface area contributed by atoms with Gasteiger partial charge in [0.15, 0.2) is 9.87 Å². The van der Waals surface area contributed by atoms with E-state index in [9.17, 15) is 13.5 Å². The van der Waals surface area contributed by atoms with Crippen LogP contribution in [0.2, 0.25) is 0 Å². The summed E-state index contributed by atoms with van der Waals surface area (Å²) in [5.41, 5.74) is -0.00645. The molecule has 0 atom stereocenters. The van der Waals surface area contributed by atoms with Gasteiger partial charge < -0.3 is 9.29 Å². The molecule has 0 saturated heterocycles. The molecule has 0 radical (unpaired) electrons. The summed E-state index contributed by atoms with van der Waals surface area (Å²) in [5.74, 6) is -0.364. The average molecular weight is 277 g/mol. The largest absolute Gasteiger partial charge is 0.506 e. The number of phenolic OH excluding ortho intramolecular Hbond substituents is 1. The highest BCUT2D eigenvalue weighted by Gasteiger charge is 2.24. The number of benzene rings is 2. The first-order chi connectivity index (χ1) is 9.03. The Morgan fingerprint density at radius 1 is 1.11 bits per heavy atom. The molecule has 2 rings (SSSR count). The third-order valence-electron chi connectivity index (χ3n) is 2.28. The van der Waals surface area contributed by atoms with E-state index >= 15 is 0 Å². The fourth-order valence-electron chi connectivity index (χ4n) is 1.41. The number of diazo groups is 1. The Morgan fingerprint density at radius 2 is 1.79 bits per heavy atom. The normalized spacial score (nSPS) is 10.7. The van der Waals surface area contributed by atoms with Crippen LogP contribution in [0.4, 0.5) is 5.69 Å². The van der Waals surface area contributed by atoms with Crippen molar-refractivity contribution in [2.75, 3.05) is 0 Å². The molecule has 7 heteroatoms. The first-order valence-corrected chi connectivity index (χ1v) is 6.61. The number of nitrogens with zero attached hydrogens (tertiary/aromatic N) is 2. The predicted molar refractivity (Wildman–Crippen MR) is 67.1 cm³/mol. The third kappa shape index (κ3) is 2.81. The molecule has 0 aliphatic rings. The van der Waals surface area contributed by atoms with Crippen molar-refractivity contribution in [3.05, 3.63) is 53.5 Å². The number of rotatable bonds is 3. The summed E-state index contributed by atoms with van der Waals surface area (Å²) in [6, 6.07) is 11.3. The first-order valence-electron chi connectivity index (χ1n) is 5.20. The maximum Gasteiger partial charge on any atom is 0.386 e. The first kappa shape index (κ1) is 12.9. The molecule has 1 N–H and O–H groups in total. The Kier molecular flexibility index (Phi) is 3.35. The zero-order valence-corrected chi connectivity index (χ0v) is 10.4. The molecule has 0 amide bonds. The van der Waals surface area contributed by atoms with Crippen LogP contribution in [-0.4, -0.2) is 13.5 Å². The molecule has 19 heavy (non-hydrogen) atoms. The molecule has 0 saturated carbocycles. The number of aromatic hydroxyl groups is 1. The van der Waals surface area contributed by atoms with Crippen LogP contribution in [0.15, 0.2) is 53.4 Å². The van der Waals surface area contributed by atoms with Crippen molar-refractivity contribution in [2.24, 2.45) is 0 Å². The van der Waals surface area contributed by atoms with E-state index in [0.29, 0.717) is 0 Å². The van der Waals surface area contributed by atoms with Crippen LogP contribution < -0.4 is 4.18 Å². The molecule has 0 aliphatic carbocycles. The molecule has 0 unspecified atom stereocenters. The lowest BCUT2D eigenvalue weighted by Crippen LogP contribution is -2.09. The zero-order chi connectivity index (χ0) is 13.9. The number of hydrogen-bond donors (Lipinski definition) is 1. The molecule has 6 nitrogen and oxygen atoms in total. The van der Waals surface area contributed by atoms with Crippen LogP contribution in [0.5, 0.6) is 11.5 Å². The van der Waals surface area contributed by atoms with Gasteiger partial charge in [-0.15, -0.1) is 0 Å².